The summed E-state index contributed by atoms with van der Waals surface area (Å²) in [5, 5.41) is 0. The maximum absolute atomic E-state index is 11.6. The van der Waals surface area contributed by atoms with E-state index in [-0.39, 0.29) is 11.1 Å². The lowest BCUT2D eigenvalue weighted by Gasteiger charge is -2.08. The Hall–Kier alpha value is -3.61. The topological polar surface area (TPSA) is 125 Å². The maximum Gasteiger partial charge on any atom is 0.250 e. The van der Waals surface area contributed by atoms with Gasteiger partial charge in [-0.1, -0.05) is 6.07 Å². The highest BCUT2D eigenvalue weighted by Gasteiger charge is 2.15. The van der Waals surface area contributed by atoms with Crippen molar-refractivity contribution in [2.45, 2.75) is 0 Å². The van der Waals surface area contributed by atoms with Crippen LogP contribution >= 0.6 is 0 Å². The zero-order chi connectivity index (χ0) is 17.1. The van der Waals surface area contributed by atoms with Crippen LogP contribution in [0.25, 0.3) is 22.8 Å². The molecule has 3 aromatic rings. The standard InChI is InChI=1S/C17H13N5O2/c18-16(23)10-4-2-8-20-14(10)12-6-1-7-13(22-12)15-11(17(19)24)5-3-9-21-15/h1-9H,(H2,18,23)(H2,19,24). The van der Waals surface area contributed by atoms with Gasteiger partial charge in [0.1, 0.15) is 11.4 Å². The van der Waals surface area contributed by atoms with Crippen molar-refractivity contribution in [2.24, 2.45) is 11.5 Å². The number of carbonyl (C=O) groups excluding carboxylic acids is 2. The molecule has 0 aliphatic rings. The summed E-state index contributed by atoms with van der Waals surface area (Å²) in [6.45, 7) is 0. The zero-order valence-corrected chi connectivity index (χ0v) is 12.5. The van der Waals surface area contributed by atoms with Gasteiger partial charge >= 0.3 is 0 Å². The van der Waals surface area contributed by atoms with Crippen LogP contribution in [0.5, 0.6) is 0 Å². The second-order valence-corrected chi connectivity index (χ2v) is 4.94. The molecule has 0 radical (unpaired) electrons. The fraction of sp³-hybridized carbons (Fsp3) is 0. The molecule has 0 saturated heterocycles. The van der Waals surface area contributed by atoms with E-state index in [0.717, 1.165) is 0 Å². The number of pyridine rings is 3. The van der Waals surface area contributed by atoms with Crippen LogP contribution < -0.4 is 11.5 Å². The number of aromatic nitrogens is 3. The van der Waals surface area contributed by atoms with Crippen molar-refractivity contribution in [1.82, 2.24) is 15.0 Å². The van der Waals surface area contributed by atoms with Gasteiger partial charge < -0.3 is 11.5 Å². The number of carbonyl (C=O) groups is 2. The Kier molecular flexibility index (Phi) is 3.98. The predicted molar refractivity (Wildman–Crippen MR) is 87.7 cm³/mol. The second kappa shape index (κ2) is 6.25. The van der Waals surface area contributed by atoms with Crippen LogP contribution in [-0.4, -0.2) is 26.8 Å². The maximum atomic E-state index is 11.6. The number of rotatable bonds is 4. The van der Waals surface area contributed by atoms with Crippen molar-refractivity contribution in [3.8, 4) is 22.8 Å². The van der Waals surface area contributed by atoms with Gasteiger partial charge in [0.15, 0.2) is 0 Å². The molecule has 3 heterocycles. The van der Waals surface area contributed by atoms with Crippen LogP contribution in [-0.2, 0) is 0 Å². The number of primary amides is 2. The molecule has 0 aromatic carbocycles. The van der Waals surface area contributed by atoms with Crippen molar-refractivity contribution < 1.29 is 9.59 Å². The molecule has 0 fully saturated rings. The minimum atomic E-state index is -0.596. The van der Waals surface area contributed by atoms with Crippen molar-refractivity contribution in [3.63, 3.8) is 0 Å². The first-order valence-electron chi connectivity index (χ1n) is 7.05. The van der Waals surface area contributed by atoms with Gasteiger partial charge in [-0.25, -0.2) is 4.98 Å². The van der Waals surface area contributed by atoms with Crippen molar-refractivity contribution >= 4 is 11.8 Å². The highest BCUT2D eigenvalue weighted by molar-refractivity contribution is 5.99. The Labute approximate surface area is 137 Å². The highest BCUT2D eigenvalue weighted by Crippen LogP contribution is 2.24. The monoisotopic (exact) mass is 319 g/mol. The minimum absolute atomic E-state index is 0.262. The SMILES string of the molecule is NC(=O)c1cccnc1-c1cccc(-c2ncccc2C(N)=O)n1. The summed E-state index contributed by atoms with van der Waals surface area (Å²) in [6, 6.07) is 11.5. The van der Waals surface area contributed by atoms with E-state index in [0.29, 0.717) is 22.8 Å². The number of hydrogen-bond donors (Lipinski definition) is 2. The van der Waals surface area contributed by atoms with E-state index < -0.39 is 11.8 Å². The van der Waals surface area contributed by atoms with E-state index in [2.05, 4.69) is 15.0 Å². The molecule has 7 heteroatoms. The third-order valence-corrected chi connectivity index (χ3v) is 3.38. The number of nitrogens with two attached hydrogens (primary N) is 2. The van der Waals surface area contributed by atoms with Crippen LogP contribution in [0.3, 0.4) is 0 Å². The molecule has 0 unspecified atom stereocenters. The molecule has 3 aromatic heterocycles. The lowest BCUT2D eigenvalue weighted by atomic mass is 10.1. The number of nitrogens with zero attached hydrogens (tertiary/aromatic N) is 3. The average molecular weight is 319 g/mol. The molecule has 0 aliphatic carbocycles. The highest BCUT2D eigenvalue weighted by atomic mass is 16.1. The summed E-state index contributed by atoms with van der Waals surface area (Å²) in [4.78, 5) is 36.0. The van der Waals surface area contributed by atoms with Gasteiger partial charge in [0, 0.05) is 12.4 Å². The molecule has 2 amide bonds. The van der Waals surface area contributed by atoms with Gasteiger partial charge in [-0.15, -0.1) is 0 Å². The van der Waals surface area contributed by atoms with E-state index in [1.165, 1.54) is 0 Å². The first-order chi connectivity index (χ1) is 11.6. The van der Waals surface area contributed by atoms with Crippen LogP contribution in [0, 0.1) is 0 Å². The Morgan fingerprint density at radius 1 is 0.708 bits per heavy atom. The lowest BCUT2D eigenvalue weighted by molar-refractivity contribution is 0.0992. The summed E-state index contributed by atoms with van der Waals surface area (Å²) in [6.07, 6.45) is 3.09. The summed E-state index contributed by atoms with van der Waals surface area (Å²) >= 11 is 0. The van der Waals surface area contributed by atoms with E-state index >= 15 is 0 Å². The predicted octanol–water partition coefficient (Wildman–Crippen LogP) is 1.40. The van der Waals surface area contributed by atoms with Crippen LogP contribution in [0.4, 0.5) is 0 Å². The Morgan fingerprint density at radius 2 is 1.17 bits per heavy atom. The molecule has 0 aliphatic heterocycles. The van der Waals surface area contributed by atoms with Crippen molar-refractivity contribution in [2.75, 3.05) is 0 Å². The van der Waals surface area contributed by atoms with E-state index in [9.17, 15) is 9.59 Å². The number of amides is 2. The molecular weight excluding hydrogens is 306 g/mol. The van der Waals surface area contributed by atoms with Gasteiger partial charge in [0.2, 0.25) is 0 Å². The molecule has 118 valence electrons. The van der Waals surface area contributed by atoms with Gasteiger partial charge in [0.05, 0.1) is 22.5 Å². The fourth-order valence-corrected chi connectivity index (χ4v) is 2.31. The number of hydrogen-bond acceptors (Lipinski definition) is 5. The van der Waals surface area contributed by atoms with Gasteiger partial charge in [-0.3, -0.25) is 19.6 Å². The van der Waals surface area contributed by atoms with Crippen LogP contribution in [0.15, 0.2) is 54.9 Å². The van der Waals surface area contributed by atoms with Gasteiger partial charge in [0.25, 0.3) is 11.8 Å². The third-order valence-electron chi connectivity index (χ3n) is 3.38. The fourth-order valence-electron chi connectivity index (χ4n) is 2.31. The molecular formula is C17H13N5O2. The first-order valence-corrected chi connectivity index (χ1v) is 7.05. The van der Waals surface area contributed by atoms with Crippen LogP contribution in [0.2, 0.25) is 0 Å². The Morgan fingerprint density at radius 3 is 1.58 bits per heavy atom. The quantitative estimate of drug-likeness (QED) is 0.752. The van der Waals surface area contributed by atoms with E-state index in [1.807, 2.05) is 0 Å². The molecule has 3 rings (SSSR count). The van der Waals surface area contributed by atoms with Gasteiger partial charge in [-0.2, -0.15) is 0 Å². The van der Waals surface area contributed by atoms with Crippen LogP contribution in [0.1, 0.15) is 20.7 Å². The molecule has 0 atom stereocenters. The lowest BCUT2D eigenvalue weighted by Crippen LogP contribution is -2.14. The molecule has 4 N–H and O–H groups in total. The Balaban J connectivity index is 2.16. The van der Waals surface area contributed by atoms with Gasteiger partial charge in [-0.05, 0) is 36.4 Å². The summed E-state index contributed by atoms with van der Waals surface area (Å²) in [5.41, 5.74) is 12.9. The molecule has 7 nitrogen and oxygen atoms in total. The summed E-state index contributed by atoms with van der Waals surface area (Å²) < 4.78 is 0. The summed E-state index contributed by atoms with van der Waals surface area (Å²) in [5.74, 6) is -1.19. The van der Waals surface area contributed by atoms with Crippen molar-refractivity contribution in [1.29, 1.82) is 0 Å². The third kappa shape index (κ3) is 2.82. The van der Waals surface area contributed by atoms with Crippen molar-refractivity contribution in [3.05, 3.63) is 66.0 Å². The molecule has 24 heavy (non-hydrogen) atoms. The van der Waals surface area contributed by atoms with E-state index in [1.54, 1.807) is 54.9 Å². The minimum Gasteiger partial charge on any atom is -0.366 e. The normalized spacial score (nSPS) is 10.3. The largest absolute Gasteiger partial charge is 0.366 e. The zero-order valence-electron chi connectivity index (χ0n) is 12.5. The average Bonchev–Trinajstić information content (AvgIpc) is 2.61. The molecule has 0 saturated carbocycles. The molecule has 0 bridgehead atoms. The molecule has 0 spiro atoms. The Bertz CT molecular complexity index is 867. The van der Waals surface area contributed by atoms with E-state index in [4.69, 9.17) is 11.5 Å². The smallest absolute Gasteiger partial charge is 0.250 e. The second-order valence-electron chi connectivity index (χ2n) is 4.94. The summed E-state index contributed by atoms with van der Waals surface area (Å²) in [7, 11) is 0. The first kappa shape index (κ1) is 15.3.